The molecule has 0 saturated carbocycles. The lowest BCUT2D eigenvalue weighted by Crippen LogP contribution is -2.24. The smallest absolute Gasteiger partial charge is 0.254 e. The number of hydrogen-bond donors (Lipinski definition) is 2. The Balaban J connectivity index is 1.69. The maximum Gasteiger partial charge on any atom is 0.254 e. The van der Waals surface area contributed by atoms with Gasteiger partial charge in [-0.25, -0.2) is 4.68 Å². The number of amides is 1. The fourth-order valence-corrected chi connectivity index (χ4v) is 2.79. The van der Waals surface area contributed by atoms with Crippen LogP contribution in [0.2, 0.25) is 0 Å². The average molecular weight is 407 g/mol. The Morgan fingerprint density at radius 3 is 2.83 bits per heavy atom. The Kier molecular flexibility index (Phi) is 4.91. The van der Waals surface area contributed by atoms with Crippen LogP contribution in [0.25, 0.3) is 5.69 Å². The van der Waals surface area contributed by atoms with Crippen molar-refractivity contribution in [3.05, 3.63) is 57.3 Å². The minimum absolute atomic E-state index is 0.213. The topological polar surface area (TPSA) is 80.5 Å². The van der Waals surface area contributed by atoms with Crippen molar-refractivity contribution in [2.45, 2.75) is 20.0 Å². The van der Waals surface area contributed by atoms with Gasteiger partial charge in [-0.3, -0.25) is 9.89 Å². The number of rotatable bonds is 5. The molecule has 1 aromatic carbocycles. The zero-order valence-electron chi connectivity index (χ0n) is 12.9. The molecule has 0 bridgehead atoms. The number of benzene rings is 1. The van der Waals surface area contributed by atoms with Crippen molar-refractivity contribution in [1.29, 1.82) is 0 Å². The van der Waals surface area contributed by atoms with E-state index in [1.54, 1.807) is 10.9 Å². The number of halogens is 1. The van der Waals surface area contributed by atoms with Crippen molar-refractivity contribution >= 4 is 34.1 Å². The number of carbonyl (C=O) groups excluding carboxylic acids is 1. The first-order valence-corrected chi connectivity index (χ1v) is 8.51. The molecule has 0 spiro atoms. The summed E-state index contributed by atoms with van der Waals surface area (Å²) < 4.78 is 5.02. The van der Waals surface area contributed by atoms with E-state index in [1.165, 1.54) is 6.20 Å². The van der Waals surface area contributed by atoms with Crippen molar-refractivity contribution in [1.82, 2.24) is 29.9 Å². The van der Waals surface area contributed by atoms with E-state index in [1.807, 2.05) is 35.8 Å². The highest BCUT2D eigenvalue weighted by Gasteiger charge is 2.11. The van der Waals surface area contributed by atoms with Crippen LogP contribution < -0.4 is 5.32 Å². The predicted octanol–water partition coefficient (Wildman–Crippen LogP) is 2.84. The van der Waals surface area contributed by atoms with Gasteiger partial charge in [0.15, 0.2) is 10.6 Å². The minimum Gasteiger partial charge on any atom is -0.345 e. The summed E-state index contributed by atoms with van der Waals surface area (Å²) in [5.41, 5.74) is 1.36. The van der Waals surface area contributed by atoms with Crippen LogP contribution in [0.3, 0.4) is 0 Å². The summed E-state index contributed by atoms with van der Waals surface area (Å²) in [6, 6.07) is 7.67. The molecular weight excluding hydrogens is 392 g/mol. The second-order valence-corrected chi connectivity index (χ2v) is 6.32. The zero-order chi connectivity index (χ0) is 17.1. The molecule has 3 aromatic rings. The largest absolute Gasteiger partial charge is 0.345 e. The van der Waals surface area contributed by atoms with E-state index in [9.17, 15) is 4.79 Å². The van der Waals surface area contributed by atoms with E-state index >= 15 is 0 Å². The van der Waals surface area contributed by atoms with Crippen molar-refractivity contribution in [3.8, 4) is 5.69 Å². The van der Waals surface area contributed by atoms with Gasteiger partial charge >= 0.3 is 0 Å². The number of aromatic nitrogens is 5. The first-order valence-electron chi connectivity index (χ1n) is 7.31. The summed E-state index contributed by atoms with van der Waals surface area (Å²) in [7, 11) is 0. The van der Waals surface area contributed by atoms with E-state index in [-0.39, 0.29) is 5.91 Å². The van der Waals surface area contributed by atoms with Crippen molar-refractivity contribution < 1.29 is 4.79 Å². The summed E-state index contributed by atoms with van der Waals surface area (Å²) in [6.07, 6.45) is 3.23. The van der Waals surface area contributed by atoms with Crippen LogP contribution in [0.15, 0.2) is 41.1 Å². The standard InChI is InChI=1S/C15H15BrN6OS/c1-2-21-13(19-20-15(21)24)8-17-14(23)10-7-18-22(9-10)12-5-3-11(16)4-6-12/h3-7,9H,2,8H2,1H3,(H,17,23)(H,20,24). The average Bonchev–Trinajstić information content (AvgIpc) is 3.20. The third kappa shape index (κ3) is 3.46. The molecule has 0 radical (unpaired) electrons. The van der Waals surface area contributed by atoms with Gasteiger partial charge in [-0.2, -0.15) is 10.2 Å². The summed E-state index contributed by atoms with van der Waals surface area (Å²) in [4.78, 5) is 12.3. The second kappa shape index (κ2) is 7.10. The molecule has 3 rings (SSSR count). The second-order valence-electron chi connectivity index (χ2n) is 5.02. The molecule has 7 nitrogen and oxygen atoms in total. The van der Waals surface area contributed by atoms with Gasteiger partial charge in [-0.15, -0.1) is 0 Å². The van der Waals surface area contributed by atoms with Gasteiger partial charge in [0.2, 0.25) is 0 Å². The maximum atomic E-state index is 12.3. The van der Waals surface area contributed by atoms with Gasteiger partial charge in [0.25, 0.3) is 5.91 Å². The summed E-state index contributed by atoms with van der Waals surface area (Å²) >= 11 is 8.52. The van der Waals surface area contributed by atoms with Crippen LogP contribution in [0.4, 0.5) is 0 Å². The molecule has 2 aromatic heterocycles. The molecule has 0 aliphatic heterocycles. The molecule has 0 atom stereocenters. The van der Waals surface area contributed by atoms with E-state index < -0.39 is 0 Å². The SMILES string of the molecule is CCn1c(CNC(=O)c2cnn(-c3ccc(Br)cc3)c2)n[nH]c1=S. The number of hydrogen-bond acceptors (Lipinski definition) is 4. The van der Waals surface area contributed by atoms with Crippen LogP contribution in [0, 0.1) is 4.77 Å². The maximum absolute atomic E-state index is 12.3. The Morgan fingerprint density at radius 1 is 1.38 bits per heavy atom. The van der Waals surface area contributed by atoms with Crippen molar-refractivity contribution in [3.63, 3.8) is 0 Å². The molecule has 9 heteroatoms. The lowest BCUT2D eigenvalue weighted by molar-refractivity contribution is 0.0949. The summed E-state index contributed by atoms with van der Waals surface area (Å²) in [5, 5.41) is 13.9. The normalized spacial score (nSPS) is 10.8. The highest BCUT2D eigenvalue weighted by Crippen LogP contribution is 2.14. The van der Waals surface area contributed by atoms with Gasteiger partial charge in [-0.05, 0) is 43.4 Å². The predicted molar refractivity (Wildman–Crippen MR) is 95.5 cm³/mol. The monoisotopic (exact) mass is 406 g/mol. The first-order chi connectivity index (χ1) is 11.6. The van der Waals surface area contributed by atoms with Crippen LogP contribution >= 0.6 is 28.1 Å². The van der Waals surface area contributed by atoms with E-state index in [2.05, 4.69) is 36.5 Å². The first kappa shape index (κ1) is 16.6. The minimum atomic E-state index is -0.213. The number of nitrogens with one attached hydrogen (secondary N) is 2. The van der Waals surface area contributed by atoms with E-state index in [0.29, 0.717) is 29.2 Å². The molecule has 0 unspecified atom stereocenters. The molecule has 2 N–H and O–H groups in total. The highest BCUT2D eigenvalue weighted by molar-refractivity contribution is 9.10. The van der Waals surface area contributed by atoms with Crippen LogP contribution in [0.5, 0.6) is 0 Å². The molecule has 24 heavy (non-hydrogen) atoms. The van der Waals surface area contributed by atoms with Gasteiger partial charge in [-0.1, -0.05) is 15.9 Å². The molecular formula is C15H15BrN6OS. The van der Waals surface area contributed by atoms with Crippen LogP contribution in [-0.4, -0.2) is 30.5 Å². The molecule has 2 heterocycles. The quantitative estimate of drug-likeness (QED) is 0.638. The van der Waals surface area contributed by atoms with Gasteiger partial charge < -0.3 is 9.88 Å². The van der Waals surface area contributed by atoms with E-state index in [4.69, 9.17) is 12.2 Å². The van der Waals surface area contributed by atoms with Crippen molar-refractivity contribution in [2.75, 3.05) is 0 Å². The summed E-state index contributed by atoms with van der Waals surface area (Å²) in [6.45, 7) is 2.96. The highest BCUT2D eigenvalue weighted by atomic mass is 79.9. The Morgan fingerprint density at radius 2 is 2.12 bits per heavy atom. The Bertz CT molecular complexity index is 911. The molecule has 0 fully saturated rings. The fourth-order valence-electron chi connectivity index (χ4n) is 2.25. The molecule has 0 aliphatic rings. The molecule has 0 saturated heterocycles. The summed E-state index contributed by atoms with van der Waals surface area (Å²) in [5.74, 6) is 0.478. The third-order valence-corrected chi connectivity index (χ3v) is 4.34. The zero-order valence-corrected chi connectivity index (χ0v) is 15.3. The Hall–Kier alpha value is -2.26. The van der Waals surface area contributed by atoms with Crippen LogP contribution in [-0.2, 0) is 13.1 Å². The van der Waals surface area contributed by atoms with Crippen LogP contribution in [0.1, 0.15) is 23.1 Å². The van der Waals surface area contributed by atoms with Gasteiger partial charge in [0.05, 0.1) is 24.0 Å². The lowest BCUT2D eigenvalue weighted by atomic mass is 10.3. The number of H-pyrrole nitrogens is 1. The number of nitrogens with zero attached hydrogens (tertiary/aromatic N) is 4. The van der Waals surface area contributed by atoms with E-state index in [0.717, 1.165) is 10.2 Å². The molecule has 1 amide bonds. The fraction of sp³-hybridized carbons (Fsp3) is 0.200. The lowest BCUT2D eigenvalue weighted by Gasteiger charge is -2.05. The molecule has 124 valence electrons. The number of carbonyl (C=O) groups is 1. The number of aromatic amines is 1. The van der Waals surface area contributed by atoms with Gasteiger partial charge in [0, 0.05) is 17.2 Å². The van der Waals surface area contributed by atoms with Gasteiger partial charge in [0.1, 0.15) is 0 Å². The van der Waals surface area contributed by atoms with Crippen molar-refractivity contribution in [2.24, 2.45) is 0 Å². The third-order valence-electron chi connectivity index (χ3n) is 3.50. The Labute approximate surface area is 151 Å². The molecule has 0 aliphatic carbocycles.